The maximum absolute atomic E-state index is 14.3. The standard InChI is InChI=1S/C40H53N7O8/c1-26-21-27(22-33-36(26)43(2)39(52)54-33)23-34(37(50)45-16-9-29(10-17-45)28-7-14-44(15-8-28)24-35(49)41-25-48)55-40(53)46-18-12-31(13-19-46)47-20-11-30-5-3-4-6-32(30)42-38(47)51/h3-6,21-22,28-29,31,34,48H,7-20,23-25H2,1-2H3,(H,41,49)(H,42,51)/t34-/m1/s1. The minimum atomic E-state index is -1.07. The topological polar surface area (TPSA) is 170 Å². The van der Waals surface area contributed by atoms with Gasteiger partial charge in [-0.2, -0.15) is 0 Å². The van der Waals surface area contributed by atoms with Gasteiger partial charge in [-0.05, 0) is 106 Å². The number of nitrogens with zero attached hydrogens (tertiary/aromatic N) is 5. The number of carbonyl (C=O) groups excluding carboxylic acids is 4. The van der Waals surface area contributed by atoms with Crippen molar-refractivity contribution in [3.63, 3.8) is 0 Å². The lowest BCUT2D eigenvalue weighted by Gasteiger charge is -2.41. The summed E-state index contributed by atoms with van der Waals surface area (Å²) in [6.45, 7) is 5.98. The fraction of sp³-hybridized carbons (Fsp3) is 0.575. The van der Waals surface area contributed by atoms with Crippen LogP contribution in [0, 0.1) is 18.8 Å². The second-order valence-corrected chi connectivity index (χ2v) is 15.5. The number of likely N-dealkylation sites (tertiary alicyclic amines) is 3. The Bertz CT molecular complexity index is 1940. The quantitative estimate of drug-likeness (QED) is 0.278. The van der Waals surface area contributed by atoms with E-state index in [4.69, 9.17) is 14.3 Å². The number of piperidine rings is 3. The summed E-state index contributed by atoms with van der Waals surface area (Å²) in [4.78, 5) is 72.9. The first-order valence-corrected chi connectivity index (χ1v) is 19.7. The van der Waals surface area contributed by atoms with Crippen molar-refractivity contribution in [1.29, 1.82) is 0 Å². The number of rotatable bonds is 9. The molecule has 3 fully saturated rings. The highest BCUT2D eigenvalue weighted by Gasteiger charge is 2.37. The molecule has 55 heavy (non-hydrogen) atoms. The Hall–Kier alpha value is -4.89. The highest BCUT2D eigenvalue weighted by molar-refractivity contribution is 5.91. The second-order valence-electron chi connectivity index (χ2n) is 15.5. The molecule has 7 rings (SSSR count). The first-order valence-electron chi connectivity index (χ1n) is 19.7. The van der Waals surface area contributed by atoms with Crippen LogP contribution in [0.4, 0.5) is 15.3 Å². The number of nitrogens with one attached hydrogen (secondary N) is 2. The number of anilines is 1. The normalized spacial score (nSPS) is 19.8. The minimum Gasteiger partial charge on any atom is -0.436 e. The lowest BCUT2D eigenvalue weighted by atomic mass is 9.78. The average Bonchev–Trinajstić information content (AvgIpc) is 3.36. The number of para-hydroxylation sites is 1. The fourth-order valence-corrected chi connectivity index (χ4v) is 9.11. The maximum Gasteiger partial charge on any atom is 0.419 e. The van der Waals surface area contributed by atoms with Crippen LogP contribution in [0.15, 0.2) is 45.6 Å². The van der Waals surface area contributed by atoms with Crippen molar-refractivity contribution in [3.05, 3.63) is 63.6 Å². The molecule has 0 bridgehead atoms. The van der Waals surface area contributed by atoms with Gasteiger partial charge in [0.25, 0.3) is 5.91 Å². The molecule has 4 aliphatic rings. The van der Waals surface area contributed by atoms with Gasteiger partial charge in [0.15, 0.2) is 11.7 Å². The van der Waals surface area contributed by atoms with E-state index >= 15 is 0 Å². The summed E-state index contributed by atoms with van der Waals surface area (Å²) >= 11 is 0. The van der Waals surface area contributed by atoms with Gasteiger partial charge in [0, 0.05) is 57.9 Å². The van der Waals surface area contributed by atoms with Crippen LogP contribution in [0.1, 0.15) is 55.2 Å². The summed E-state index contributed by atoms with van der Waals surface area (Å²) in [5, 5.41) is 14.4. The molecule has 296 valence electrons. The summed E-state index contributed by atoms with van der Waals surface area (Å²) in [6.07, 6.45) is 4.13. The zero-order chi connectivity index (χ0) is 38.6. The highest BCUT2D eigenvalue weighted by atomic mass is 16.6. The Morgan fingerprint density at radius 1 is 0.927 bits per heavy atom. The third kappa shape index (κ3) is 8.67. The number of amides is 5. The van der Waals surface area contributed by atoms with Gasteiger partial charge in [0.05, 0.1) is 12.1 Å². The van der Waals surface area contributed by atoms with E-state index in [0.717, 1.165) is 67.6 Å². The first kappa shape index (κ1) is 38.4. The van der Waals surface area contributed by atoms with Gasteiger partial charge in [-0.15, -0.1) is 0 Å². The third-order valence-electron chi connectivity index (χ3n) is 12.2. The van der Waals surface area contributed by atoms with Crippen LogP contribution < -0.4 is 16.4 Å². The van der Waals surface area contributed by atoms with Gasteiger partial charge in [-0.25, -0.2) is 14.4 Å². The van der Waals surface area contributed by atoms with E-state index in [1.165, 1.54) is 4.57 Å². The van der Waals surface area contributed by atoms with Crippen LogP contribution in [0.2, 0.25) is 0 Å². The number of aliphatic hydroxyl groups excluding tert-OH is 1. The SMILES string of the molecule is Cc1cc(C[C@@H](OC(=O)N2CCC(N3CCc4ccccc4NC3=O)CC2)C(=O)N2CCC(C3CCN(CC(=O)NCO)CC3)CC2)cc2oc(=O)n(C)c12. The van der Waals surface area contributed by atoms with E-state index in [0.29, 0.717) is 68.5 Å². The summed E-state index contributed by atoms with van der Waals surface area (Å²) in [5.74, 6) is 0.0904. The first-order chi connectivity index (χ1) is 26.6. The van der Waals surface area contributed by atoms with Crippen LogP contribution in [0.25, 0.3) is 11.1 Å². The molecule has 0 aliphatic carbocycles. The summed E-state index contributed by atoms with van der Waals surface area (Å²) in [7, 11) is 1.65. The monoisotopic (exact) mass is 759 g/mol. The van der Waals surface area contributed by atoms with Crippen molar-refractivity contribution >= 4 is 40.7 Å². The Morgan fingerprint density at radius 2 is 1.60 bits per heavy atom. The summed E-state index contributed by atoms with van der Waals surface area (Å²) in [5.41, 5.74) is 4.59. The predicted molar refractivity (Wildman–Crippen MR) is 204 cm³/mol. The summed E-state index contributed by atoms with van der Waals surface area (Å²) < 4.78 is 13.0. The zero-order valence-corrected chi connectivity index (χ0v) is 31.8. The number of fused-ring (bicyclic) bond motifs is 2. The van der Waals surface area contributed by atoms with E-state index in [1.807, 2.05) is 47.1 Å². The molecule has 2 aromatic carbocycles. The Kier molecular flexibility index (Phi) is 11.8. The molecule has 0 saturated carbocycles. The molecule has 5 heterocycles. The maximum atomic E-state index is 14.3. The Labute approximate surface area is 320 Å². The number of aliphatic hydroxyl groups is 1. The van der Waals surface area contributed by atoms with E-state index in [-0.39, 0.29) is 43.6 Å². The molecule has 0 unspecified atom stereocenters. The van der Waals surface area contributed by atoms with Crippen molar-refractivity contribution in [2.45, 2.75) is 70.4 Å². The van der Waals surface area contributed by atoms with Crippen molar-refractivity contribution < 1.29 is 33.4 Å². The Balaban J connectivity index is 0.985. The molecule has 3 N–H and O–H groups in total. The Morgan fingerprint density at radius 3 is 2.31 bits per heavy atom. The smallest absolute Gasteiger partial charge is 0.419 e. The number of hydrogen-bond donors (Lipinski definition) is 3. The molecular weight excluding hydrogens is 706 g/mol. The van der Waals surface area contributed by atoms with Crippen LogP contribution >= 0.6 is 0 Å². The fourth-order valence-electron chi connectivity index (χ4n) is 9.11. The largest absolute Gasteiger partial charge is 0.436 e. The zero-order valence-electron chi connectivity index (χ0n) is 31.8. The van der Waals surface area contributed by atoms with Gasteiger partial charge in [-0.3, -0.25) is 19.1 Å². The predicted octanol–water partition coefficient (Wildman–Crippen LogP) is 3.06. The highest BCUT2D eigenvalue weighted by Crippen LogP contribution is 2.33. The van der Waals surface area contributed by atoms with E-state index in [1.54, 1.807) is 18.0 Å². The number of ether oxygens (including phenoxy) is 1. The van der Waals surface area contributed by atoms with Crippen LogP contribution in [-0.4, -0.2) is 124 Å². The van der Waals surface area contributed by atoms with Crippen LogP contribution in [0.3, 0.4) is 0 Å². The number of urea groups is 1. The molecule has 1 aromatic heterocycles. The molecule has 0 radical (unpaired) electrons. The summed E-state index contributed by atoms with van der Waals surface area (Å²) in [6, 6.07) is 11.3. The number of aromatic nitrogens is 1. The molecule has 15 heteroatoms. The molecule has 3 aromatic rings. The number of benzene rings is 2. The van der Waals surface area contributed by atoms with Gasteiger partial charge < -0.3 is 39.6 Å². The van der Waals surface area contributed by atoms with Crippen molar-refractivity contribution in [1.82, 2.24) is 29.5 Å². The number of hydrogen-bond acceptors (Lipinski definition) is 9. The van der Waals surface area contributed by atoms with E-state index in [2.05, 4.69) is 15.5 Å². The van der Waals surface area contributed by atoms with Gasteiger partial charge in [0.2, 0.25) is 5.91 Å². The molecule has 3 saturated heterocycles. The van der Waals surface area contributed by atoms with E-state index in [9.17, 15) is 24.0 Å². The van der Waals surface area contributed by atoms with Crippen LogP contribution in [0.5, 0.6) is 0 Å². The lowest BCUT2D eigenvalue weighted by Crippen LogP contribution is -2.52. The van der Waals surface area contributed by atoms with Gasteiger partial charge in [-0.1, -0.05) is 24.3 Å². The average molecular weight is 760 g/mol. The van der Waals surface area contributed by atoms with E-state index < -0.39 is 18.0 Å². The van der Waals surface area contributed by atoms with Gasteiger partial charge in [0.1, 0.15) is 6.73 Å². The number of aryl methyl sites for hydroxylation is 2. The molecule has 4 aliphatic heterocycles. The molecule has 1 atom stereocenters. The van der Waals surface area contributed by atoms with Crippen molar-refractivity contribution in [3.8, 4) is 0 Å². The van der Waals surface area contributed by atoms with Crippen LogP contribution in [-0.2, 0) is 34.2 Å². The molecular formula is C40H53N7O8. The molecule has 5 amide bonds. The molecule has 0 spiro atoms. The van der Waals surface area contributed by atoms with Gasteiger partial charge >= 0.3 is 17.9 Å². The number of oxazole rings is 1. The lowest BCUT2D eigenvalue weighted by molar-refractivity contribution is -0.142. The van der Waals surface area contributed by atoms with Crippen molar-refractivity contribution in [2.75, 3.05) is 64.4 Å². The third-order valence-corrected chi connectivity index (χ3v) is 12.2. The molecule has 15 nitrogen and oxygen atoms in total. The second kappa shape index (κ2) is 16.9. The minimum absolute atomic E-state index is 0.0229. The number of carbonyl (C=O) groups is 4. The van der Waals surface area contributed by atoms with Crippen molar-refractivity contribution in [2.24, 2.45) is 18.9 Å².